The summed E-state index contributed by atoms with van der Waals surface area (Å²) in [6.07, 6.45) is 1.26. The van der Waals surface area contributed by atoms with Crippen LogP contribution in [0.25, 0.3) is 0 Å². The molecule has 6 heteroatoms. The summed E-state index contributed by atoms with van der Waals surface area (Å²) < 4.78 is 5.72. The fraction of sp³-hybridized carbons (Fsp3) is 0.500. The second kappa shape index (κ2) is 7.05. The van der Waals surface area contributed by atoms with Crippen LogP contribution in [-0.4, -0.2) is 41.5 Å². The lowest BCUT2D eigenvalue weighted by Crippen LogP contribution is -2.49. The van der Waals surface area contributed by atoms with Gasteiger partial charge in [-0.25, -0.2) is 4.79 Å². The molecule has 0 saturated carbocycles. The normalized spacial score (nSPS) is 20.0. The van der Waals surface area contributed by atoms with Gasteiger partial charge < -0.3 is 15.0 Å². The predicted molar refractivity (Wildman–Crippen MR) is 102 cm³/mol. The molecule has 1 aromatic rings. The summed E-state index contributed by atoms with van der Waals surface area (Å²) in [7, 11) is 0. The summed E-state index contributed by atoms with van der Waals surface area (Å²) in [5, 5.41) is 3.47. The van der Waals surface area contributed by atoms with Crippen molar-refractivity contribution in [2.45, 2.75) is 52.2 Å². The quantitative estimate of drug-likeness (QED) is 0.817. The van der Waals surface area contributed by atoms with E-state index in [0.29, 0.717) is 40.7 Å². The van der Waals surface area contributed by atoms with Gasteiger partial charge in [0.05, 0.1) is 5.57 Å². The molecule has 5 nitrogen and oxygen atoms in total. The van der Waals surface area contributed by atoms with Crippen LogP contribution in [0.3, 0.4) is 0 Å². The number of nitrogens with one attached hydrogen (secondary N) is 1. The standard InChI is InChI=1S/C20H25ClN2O3/c1-12(2)23-9-7-20(8-10-23)17(14(4)19(25)26-20)18(24)22-15-6-5-13(3)16(21)11-15/h5-6,11-12H,7-10H2,1-4H3,(H,22,24). The molecule has 1 spiro atoms. The van der Waals surface area contributed by atoms with Crippen molar-refractivity contribution >= 4 is 29.2 Å². The molecule has 1 aromatic carbocycles. The van der Waals surface area contributed by atoms with Gasteiger partial charge in [0.1, 0.15) is 5.60 Å². The maximum Gasteiger partial charge on any atom is 0.335 e. The van der Waals surface area contributed by atoms with Gasteiger partial charge in [-0.15, -0.1) is 0 Å². The summed E-state index contributed by atoms with van der Waals surface area (Å²) in [5.74, 6) is -0.679. The van der Waals surface area contributed by atoms with Crippen LogP contribution in [0.2, 0.25) is 5.02 Å². The number of hydrogen-bond acceptors (Lipinski definition) is 4. The van der Waals surface area contributed by atoms with Crippen molar-refractivity contribution in [1.82, 2.24) is 4.90 Å². The first kappa shape index (κ1) is 18.9. The Labute approximate surface area is 159 Å². The Morgan fingerprint density at radius 2 is 1.92 bits per heavy atom. The molecule has 140 valence electrons. The van der Waals surface area contributed by atoms with E-state index >= 15 is 0 Å². The molecule has 0 atom stereocenters. The average Bonchev–Trinajstić information content (AvgIpc) is 2.81. The number of hydrogen-bond donors (Lipinski definition) is 1. The SMILES string of the molecule is CC1=C(C(=O)Nc2ccc(C)c(Cl)c2)C2(CCN(C(C)C)CC2)OC1=O. The Balaban J connectivity index is 1.84. The highest BCUT2D eigenvalue weighted by Gasteiger charge is 2.50. The second-order valence-corrected chi connectivity index (χ2v) is 7.84. The minimum Gasteiger partial charge on any atom is -0.450 e. The van der Waals surface area contributed by atoms with Crippen molar-refractivity contribution in [1.29, 1.82) is 0 Å². The third-order valence-corrected chi connectivity index (χ3v) is 5.82. The highest BCUT2D eigenvalue weighted by Crippen LogP contribution is 2.41. The summed E-state index contributed by atoms with van der Waals surface area (Å²) in [6.45, 7) is 9.46. The molecule has 2 aliphatic heterocycles. The number of aryl methyl sites for hydroxylation is 1. The average molecular weight is 377 g/mol. The number of nitrogens with zero attached hydrogens (tertiary/aromatic N) is 1. The molecule has 0 unspecified atom stereocenters. The summed E-state index contributed by atoms with van der Waals surface area (Å²) in [6, 6.07) is 5.81. The Morgan fingerprint density at radius 3 is 2.50 bits per heavy atom. The molecule has 2 heterocycles. The number of ether oxygens (including phenoxy) is 1. The van der Waals surface area contributed by atoms with Crippen molar-refractivity contribution in [2.75, 3.05) is 18.4 Å². The number of likely N-dealkylation sites (tertiary alicyclic amines) is 1. The second-order valence-electron chi connectivity index (χ2n) is 7.43. The zero-order chi connectivity index (χ0) is 19.1. The summed E-state index contributed by atoms with van der Waals surface area (Å²) in [5.41, 5.74) is 1.60. The van der Waals surface area contributed by atoms with E-state index in [1.807, 2.05) is 13.0 Å². The minimum absolute atomic E-state index is 0.286. The lowest BCUT2D eigenvalue weighted by atomic mass is 9.82. The summed E-state index contributed by atoms with van der Waals surface area (Å²) >= 11 is 6.15. The van der Waals surface area contributed by atoms with Crippen LogP contribution in [-0.2, 0) is 14.3 Å². The van der Waals surface area contributed by atoms with Gasteiger partial charge >= 0.3 is 5.97 Å². The lowest BCUT2D eigenvalue weighted by molar-refractivity contribution is -0.151. The molecule has 0 radical (unpaired) electrons. The van der Waals surface area contributed by atoms with Gasteiger partial charge in [-0.1, -0.05) is 17.7 Å². The van der Waals surface area contributed by atoms with Crippen LogP contribution in [0.4, 0.5) is 5.69 Å². The van der Waals surface area contributed by atoms with E-state index in [4.69, 9.17) is 16.3 Å². The van der Waals surface area contributed by atoms with Crippen LogP contribution >= 0.6 is 11.6 Å². The van der Waals surface area contributed by atoms with Crippen LogP contribution in [0.15, 0.2) is 29.3 Å². The third-order valence-electron chi connectivity index (χ3n) is 5.42. The first-order valence-corrected chi connectivity index (χ1v) is 9.37. The van der Waals surface area contributed by atoms with E-state index in [-0.39, 0.29) is 5.91 Å². The molecule has 1 N–H and O–H groups in total. The Kier molecular flexibility index (Phi) is 5.13. The minimum atomic E-state index is -0.814. The largest absolute Gasteiger partial charge is 0.450 e. The van der Waals surface area contributed by atoms with E-state index < -0.39 is 11.6 Å². The number of halogens is 1. The number of rotatable bonds is 3. The van der Waals surface area contributed by atoms with Crippen molar-refractivity contribution in [2.24, 2.45) is 0 Å². The Bertz CT molecular complexity index is 777. The maximum absolute atomic E-state index is 13.0. The molecule has 0 bridgehead atoms. The van der Waals surface area contributed by atoms with Crippen LogP contribution in [0, 0.1) is 6.92 Å². The van der Waals surface area contributed by atoms with E-state index in [9.17, 15) is 9.59 Å². The monoisotopic (exact) mass is 376 g/mol. The van der Waals surface area contributed by atoms with E-state index in [0.717, 1.165) is 18.7 Å². The number of anilines is 1. The highest BCUT2D eigenvalue weighted by atomic mass is 35.5. The number of esters is 1. The molecule has 1 saturated heterocycles. The van der Waals surface area contributed by atoms with Crippen molar-refractivity contribution < 1.29 is 14.3 Å². The molecule has 3 rings (SSSR count). The number of piperidine rings is 1. The smallest absolute Gasteiger partial charge is 0.335 e. The zero-order valence-electron chi connectivity index (χ0n) is 15.7. The summed E-state index contributed by atoms with van der Waals surface area (Å²) in [4.78, 5) is 27.6. The Hall–Kier alpha value is -1.85. The Morgan fingerprint density at radius 1 is 1.27 bits per heavy atom. The van der Waals surface area contributed by atoms with E-state index in [2.05, 4.69) is 24.1 Å². The fourth-order valence-corrected chi connectivity index (χ4v) is 3.92. The number of carbonyl (C=O) groups is 2. The lowest BCUT2D eigenvalue weighted by Gasteiger charge is -2.40. The molecule has 26 heavy (non-hydrogen) atoms. The molecule has 1 amide bonds. The van der Waals surface area contributed by atoms with Crippen molar-refractivity contribution in [3.05, 3.63) is 39.9 Å². The van der Waals surface area contributed by atoms with Gasteiger partial charge in [-0.05, 0) is 45.4 Å². The first-order valence-electron chi connectivity index (χ1n) is 9.00. The molecule has 2 aliphatic rings. The van der Waals surface area contributed by atoms with E-state index in [1.165, 1.54) is 0 Å². The van der Waals surface area contributed by atoms with Crippen molar-refractivity contribution in [3.8, 4) is 0 Å². The third kappa shape index (κ3) is 3.38. The first-order chi connectivity index (χ1) is 12.2. The molecular weight excluding hydrogens is 352 g/mol. The fourth-order valence-electron chi connectivity index (χ4n) is 3.74. The number of carbonyl (C=O) groups excluding carboxylic acids is 2. The number of amides is 1. The molecule has 1 fully saturated rings. The van der Waals surface area contributed by atoms with Gasteiger partial charge in [0.15, 0.2) is 0 Å². The van der Waals surface area contributed by atoms with Gasteiger partial charge in [-0.2, -0.15) is 0 Å². The van der Waals surface area contributed by atoms with Crippen LogP contribution in [0.5, 0.6) is 0 Å². The van der Waals surface area contributed by atoms with Gasteiger partial charge in [0, 0.05) is 48.3 Å². The van der Waals surface area contributed by atoms with E-state index in [1.54, 1.807) is 19.1 Å². The molecular formula is C20H25ClN2O3. The van der Waals surface area contributed by atoms with Crippen molar-refractivity contribution in [3.63, 3.8) is 0 Å². The van der Waals surface area contributed by atoms with Gasteiger partial charge in [0.25, 0.3) is 5.91 Å². The molecule has 0 aromatic heterocycles. The number of benzene rings is 1. The van der Waals surface area contributed by atoms with Gasteiger partial charge in [-0.3, -0.25) is 4.79 Å². The highest BCUT2D eigenvalue weighted by molar-refractivity contribution is 6.31. The van der Waals surface area contributed by atoms with Crippen LogP contribution in [0.1, 0.15) is 39.2 Å². The topological polar surface area (TPSA) is 58.6 Å². The van der Waals surface area contributed by atoms with Gasteiger partial charge in [0.2, 0.25) is 0 Å². The molecule has 0 aliphatic carbocycles. The van der Waals surface area contributed by atoms with Crippen LogP contribution < -0.4 is 5.32 Å². The zero-order valence-corrected chi connectivity index (χ0v) is 16.4. The predicted octanol–water partition coefficient (Wildman–Crippen LogP) is 3.70. The maximum atomic E-state index is 13.0.